The molecule has 0 saturated carbocycles. The Morgan fingerprint density at radius 1 is 1.50 bits per heavy atom. The molecule has 1 N–H and O–H groups in total. The average Bonchev–Trinajstić information content (AvgIpc) is 2.79. The van der Waals surface area contributed by atoms with Crippen LogP contribution in [0.15, 0.2) is 27.8 Å². The Morgan fingerprint density at radius 3 is 2.94 bits per heavy atom. The van der Waals surface area contributed by atoms with Gasteiger partial charge >= 0.3 is 0 Å². The molecular weight excluding hydrogens is 320 g/mol. The Bertz CT molecular complexity index is 521. The zero-order valence-corrected chi connectivity index (χ0v) is 12.2. The summed E-state index contributed by atoms with van der Waals surface area (Å²) in [5, 5.41) is 8.88. The second-order valence-corrected chi connectivity index (χ2v) is 7.22. The van der Waals surface area contributed by atoms with Crippen LogP contribution < -0.4 is 0 Å². The number of rotatable bonds is 4. The van der Waals surface area contributed by atoms with Gasteiger partial charge in [-0.3, -0.25) is 4.98 Å². The van der Waals surface area contributed by atoms with E-state index >= 15 is 0 Å². The molecular formula is C11H15BrN2O3S. The first-order chi connectivity index (χ1) is 8.54. The first kappa shape index (κ1) is 13.9. The number of sulfonamides is 1. The van der Waals surface area contributed by atoms with Crippen molar-refractivity contribution in [3.05, 3.63) is 22.9 Å². The lowest BCUT2D eigenvalue weighted by molar-refractivity contribution is 0.259. The van der Waals surface area contributed by atoms with Crippen molar-refractivity contribution in [2.45, 2.75) is 17.7 Å². The van der Waals surface area contributed by atoms with Crippen molar-refractivity contribution in [3.8, 4) is 0 Å². The first-order valence-electron chi connectivity index (χ1n) is 5.75. The maximum Gasteiger partial charge on any atom is 0.244 e. The van der Waals surface area contributed by atoms with E-state index < -0.39 is 10.0 Å². The average molecular weight is 335 g/mol. The highest BCUT2D eigenvalue weighted by Crippen LogP contribution is 2.26. The van der Waals surface area contributed by atoms with E-state index in [0.29, 0.717) is 24.0 Å². The largest absolute Gasteiger partial charge is 0.396 e. The Hall–Kier alpha value is -0.500. The molecule has 100 valence electrons. The van der Waals surface area contributed by atoms with Crippen LogP contribution in [0, 0.1) is 5.92 Å². The highest BCUT2D eigenvalue weighted by molar-refractivity contribution is 9.10. The van der Waals surface area contributed by atoms with E-state index in [9.17, 15) is 8.42 Å². The lowest BCUT2D eigenvalue weighted by atomic mass is 10.1. The quantitative estimate of drug-likeness (QED) is 0.899. The van der Waals surface area contributed by atoms with Crippen LogP contribution >= 0.6 is 15.9 Å². The molecule has 1 aliphatic heterocycles. The van der Waals surface area contributed by atoms with E-state index in [1.807, 2.05) is 0 Å². The smallest absolute Gasteiger partial charge is 0.244 e. The zero-order chi connectivity index (χ0) is 13.2. The van der Waals surface area contributed by atoms with E-state index in [0.717, 1.165) is 6.42 Å². The number of hydrogen-bond donors (Lipinski definition) is 1. The van der Waals surface area contributed by atoms with E-state index in [1.54, 1.807) is 12.3 Å². The Kier molecular flexibility index (Phi) is 4.37. The highest BCUT2D eigenvalue weighted by Gasteiger charge is 2.32. The molecule has 0 amide bonds. The third-order valence-electron chi connectivity index (χ3n) is 3.10. The SMILES string of the molecule is O=S(=O)(c1cncc(Br)c1)N1CCC(CCO)C1. The minimum atomic E-state index is -3.45. The number of halogens is 1. The van der Waals surface area contributed by atoms with Crippen LogP contribution in [0.25, 0.3) is 0 Å². The maximum atomic E-state index is 12.3. The topological polar surface area (TPSA) is 70.5 Å². The molecule has 2 heterocycles. The van der Waals surface area contributed by atoms with Gasteiger partial charge < -0.3 is 5.11 Å². The summed E-state index contributed by atoms with van der Waals surface area (Å²) in [6.07, 6.45) is 4.38. The Balaban J connectivity index is 2.18. The van der Waals surface area contributed by atoms with Crippen molar-refractivity contribution in [2.24, 2.45) is 5.92 Å². The third kappa shape index (κ3) is 2.90. The van der Waals surface area contributed by atoms with Gasteiger partial charge in [-0.2, -0.15) is 4.31 Å². The van der Waals surface area contributed by atoms with Crippen molar-refractivity contribution in [3.63, 3.8) is 0 Å². The molecule has 0 bridgehead atoms. The fourth-order valence-corrected chi connectivity index (χ4v) is 4.15. The highest BCUT2D eigenvalue weighted by atomic mass is 79.9. The summed E-state index contributed by atoms with van der Waals surface area (Å²) < 4.78 is 26.8. The summed E-state index contributed by atoms with van der Waals surface area (Å²) in [4.78, 5) is 4.09. The van der Waals surface area contributed by atoms with E-state index in [-0.39, 0.29) is 17.4 Å². The second kappa shape index (κ2) is 5.64. The monoisotopic (exact) mass is 334 g/mol. The van der Waals surface area contributed by atoms with Crippen LogP contribution in [0.2, 0.25) is 0 Å². The Morgan fingerprint density at radius 2 is 2.28 bits per heavy atom. The van der Waals surface area contributed by atoms with Gasteiger partial charge in [0.1, 0.15) is 4.90 Å². The molecule has 2 rings (SSSR count). The first-order valence-corrected chi connectivity index (χ1v) is 7.99. The van der Waals surface area contributed by atoms with Crippen LogP contribution in [0.1, 0.15) is 12.8 Å². The van der Waals surface area contributed by atoms with E-state index in [2.05, 4.69) is 20.9 Å². The summed E-state index contributed by atoms with van der Waals surface area (Å²) in [6.45, 7) is 1.10. The molecule has 1 unspecified atom stereocenters. The predicted molar refractivity (Wildman–Crippen MR) is 70.5 cm³/mol. The molecule has 1 atom stereocenters. The number of aromatic nitrogens is 1. The van der Waals surface area contributed by atoms with Gasteiger partial charge in [0.05, 0.1) is 0 Å². The van der Waals surface area contributed by atoms with Gasteiger partial charge in [0.25, 0.3) is 0 Å². The fourth-order valence-electron chi connectivity index (χ4n) is 2.12. The number of aliphatic hydroxyl groups is 1. The van der Waals surface area contributed by atoms with Crippen LogP contribution in [-0.4, -0.2) is 42.5 Å². The molecule has 18 heavy (non-hydrogen) atoms. The molecule has 1 fully saturated rings. The van der Waals surface area contributed by atoms with Crippen LogP contribution in [0.3, 0.4) is 0 Å². The maximum absolute atomic E-state index is 12.3. The number of nitrogens with zero attached hydrogens (tertiary/aromatic N) is 2. The van der Waals surface area contributed by atoms with Crippen molar-refractivity contribution < 1.29 is 13.5 Å². The number of aliphatic hydroxyl groups excluding tert-OH is 1. The van der Waals surface area contributed by atoms with Gasteiger partial charge in [0, 0.05) is 36.6 Å². The molecule has 0 aliphatic carbocycles. The zero-order valence-electron chi connectivity index (χ0n) is 9.79. The predicted octanol–water partition coefficient (Wildman–Crippen LogP) is 1.24. The van der Waals surface area contributed by atoms with Crippen LogP contribution in [0.5, 0.6) is 0 Å². The molecule has 1 aromatic rings. The number of hydrogen-bond acceptors (Lipinski definition) is 4. The summed E-state index contributed by atoms with van der Waals surface area (Å²) in [5.41, 5.74) is 0. The molecule has 0 spiro atoms. The van der Waals surface area contributed by atoms with Gasteiger partial charge in [-0.1, -0.05) is 0 Å². The lowest BCUT2D eigenvalue weighted by Gasteiger charge is -2.16. The van der Waals surface area contributed by atoms with E-state index in [4.69, 9.17) is 5.11 Å². The van der Waals surface area contributed by atoms with Gasteiger partial charge in [0.15, 0.2) is 0 Å². The summed E-state index contributed by atoms with van der Waals surface area (Å²) in [7, 11) is -3.45. The molecule has 0 aromatic carbocycles. The molecule has 5 nitrogen and oxygen atoms in total. The Labute approximate surface area is 115 Å². The van der Waals surface area contributed by atoms with E-state index in [1.165, 1.54) is 10.5 Å². The summed E-state index contributed by atoms with van der Waals surface area (Å²) >= 11 is 3.22. The molecule has 1 aromatic heterocycles. The number of pyridine rings is 1. The van der Waals surface area contributed by atoms with Crippen molar-refractivity contribution in [2.75, 3.05) is 19.7 Å². The summed E-state index contributed by atoms with van der Waals surface area (Å²) in [5.74, 6) is 0.255. The standard InChI is InChI=1S/C11H15BrN2O3S/c12-10-5-11(7-13-6-10)18(16,17)14-3-1-9(8-14)2-4-15/h5-7,9,15H,1-4,8H2. The lowest BCUT2D eigenvalue weighted by Crippen LogP contribution is -2.29. The van der Waals surface area contributed by atoms with Crippen molar-refractivity contribution in [1.82, 2.24) is 9.29 Å². The van der Waals surface area contributed by atoms with Crippen LogP contribution in [-0.2, 0) is 10.0 Å². The molecule has 7 heteroatoms. The van der Waals surface area contributed by atoms with Gasteiger partial charge in [0.2, 0.25) is 10.0 Å². The van der Waals surface area contributed by atoms with Gasteiger partial charge in [-0.05, 0) is 40.8 Å². The normalized spacial score (nSPS) is 21.3. The summed E-state index contributed by atoms with van der Waals surface area (Å²) in [6, 6.07) is 1.56. The minimum absolute atomic E-state index is 0.108. The van der Waals surface area contributed by atoms with Crippen molar-refractivity contribution >= 4 is 26.0 Å². The second-order valence-electron chi connectivity index (χ2n) is 4.37. The fraction of sp³-hybridized carbons (Fsp3) is 0.545. The third-order valence-corrected chi connectivity index (χ3v) is 5.37. The van der Waals surface area contributed by atoms with Gasteiger partial charge in [-0.25, -0.2) is 8.42 Å². The van der Waals surface area contributed by atoms with Crippen LogP contribution in [0.4, 0.5) is 0 Å². The molecule has 1 saturated heterocycles. The molecule has 0 radical (unpaired) electrons. The molecule has 1 aliphatic rings. The van der Waals surface area contributed by atoms with Crippen molar-refractivity contribution in [1.29, 1.82) is 0 Å². The minimum Gasteiger partial charge on any atom is -0.396 e. The van der Waals surface area contributed by atoms with Gasteiger partial charge in [-0.15, -0.1) is 0 Å².